The average molecular weight is 750 g/mol. The van der Waals surface area contributed by atoms with E-state index in [-0.39, 0.29) is 74.5 Å². The van der Waals surface area contributed by atoms with Gasteiger partial charge in [-0.25, -0.2) is 4.39 Å². The highest BCUT2D eigenvalue weighted by Crippen LogP contribution is 2.27. The summed E-state index contributed by atoms with van der Waals surface area (Å²) in [6.45, 7) is 0.166. The van der Waals surface area contributed by atoms with Crippen molar-refractivity contribution in [3.63, 3.8) is 0 Å². The number of halogens is 1. The van der Waals surface area contributed by atoms with Gasteiger partial charge in [0.1, 0.15) is 24.2 Å². The summed E-state index contributed by atoms with van der Waals surface area (Å²) in [6, 6.07) is 17.1. The fraction of sp³-hybridized carbons (Fsp3) is 0.341. The van der Waals surface area contributed by atoms with Gasteiger partial charge in [0.15, 0.2) is 0 Å². The molecule has 14 heteroatoms. The molecule has 5 amide bonds. The van der Waals surface area contributed by atoms with Crippen LogP contribution in [0.1, 0.15) is 40.7 Å². The average Bonchev–Trinajstić information content (AvgIpc) is 3.90. The SMILES string of the molecule is CN1CC(=O)N2CC(NC(=O)Cc3c[nH]c4ccccc34)C[C@H]2COc2ccc(F)cc2C(=O)N(C)[C@H](C(=O)NCCc2c[nH]c3ccccc23)CCC1=O. The zero-order chi connectivity index (χ0) is 38.6. The molecule has 5 aromatic rings. The molecule has 0 saturated carbocycles. The van der Waals surface area contributed by atoms with E-state index in [0.717, 1.165) is 39.0 Å². The van der Waals surface area contributed by atoms with Gasteiger partial charge in [-0.2, -0.15) is 0 Å². The van der Waals surface area contributed by atoms with E-state index in [4.69, 9.17) is 4.74 Å². The highest BCUT2D eigenvalue weighted by Gasteiger charge is 2.38. The van der Waals surface area contributed by atoms with Crippen LogP contribution in [0.5, 0.6) is 5.75 Å². The van der Waals surface area contributed by atoms with Gasteiger partial charge in [0, 0.05) is 73.8 Å². The van der Waals surface area contributed by atoms with E-state index < -0.39 is 35.8 Å². The van der Waals surface area contributed by atoms with Crippen LogP contribution in [0.2, 0.25) is 0 Å². The molecule has 0 bridgehead atoms. The Balaban J connectivity index is 1.07. The Morgan fingerprint density at radius 3 is 2.35 bits per heavy atom. The first-order valence-corrected chi connectivity index (χ1v) is 18.5. The van der Waals surface area contributed by atoms with Crippen LogP contribution < -0.4 is 15.4 Å². The zero-order valence-electron chi connectivity index (χ0n) is 30.8. The molecule has 3 atom stereocenters. The number of hydrogen-bond acceptors (Lipinski definition) is 6. The lowest BCUT2D eigenvalue weighted by Crippen LogP contribution is -2.49. The maximum Gasteiger partial charge on any atom is 0.258 e. The summed E-state index contributed by atoms with van der Waals surface area (Å²) < 4.78 is 20.9. The van der Waals surface area contributed by atoms with Crippen molar-refractivity contribution in [2.45, 2.75) is 50.2 Å². The van der Waals surface area contributed by atoms with Crippen molar-refractivity contribution in [3.05, 3.63) is 102 Å². The van der Waals surface area contributed by atoms with Crippen molar-refractivity contribution in [2.75, 3.05) is 40.3 Å². The summed E-state index contributed by atoms with van der Waals surface area (Å²) in [4.78, 5) is 78.7. The van der Waals surface area contributed by atoms with Gasteiger partial charge in [0.05, 0.1) is 24.6 Å². The van der Waals surface area contributed by atoms with Crippen molar-refractivity contribution in [1.82, 2.24) is 35.3 Å². The summed E-state index contributed by atoms with van der Waals surface area (Å²) >= 11 is 0. The van der Waals surface area contributed by atoms with Crippen LogP contribution >= 0.6 is 0 Å². The Morgan fingerprint density at radius 2 is 1.60 bits per heavy atom. The quantitative estimate of drug-likeness (QED) is 0.199. The third-order valence-electron chi connectivity index (χ3n) is 10.6. The fourth-order valence-electron chi connectivity index (χ4n) is 7.64. The molecule has 286 valence electrons. The minimum Gasteiger partial charge on any atom is -0.491 e. The second-order valence-electron chi connectivity index (χ2n) is 14.3. The second kappa shape index (κ2) is 16.0. The molecule has 3 aromatic carbocycles. The summed E-state index contributed by atoms with van der Waals surface area (Å²) in [6.07, 6.45) is 4.56. The van der Waals surface area contributed by atoms with Gasteiger partial charge < -0.3 is 40.0 Å². The van der Waals surface area contributed by atoms with E-state index in [9.17, 15) is 28.4 Å². The molecule has 2 aromatic heterocycles. The number of amides is 5. The fourth-order valence-corrected chi connectivity index (χ4v) is 7.64. The van der Waals surface area contributed by atoms with E-state index >= 15 is 0 Å². The lowest BCUT2D eigenvalue weighted by atomic mass is 10.1. The minimum absolute atomic E-state index is 0.0408. The smallest absolute Gasteiger partial charge is 0.258 e. The summed E-state index contributed by atoms with van der Waals surface area (Å²) in [5.74, 6) is -2.65. The molecular formula is C41H44FN7O6. The lowest BCUT2D eigenvalue weighted by molar-refractivity contribution is -0.140. The summed E-state index contributed by atoms with van der Waals surface area (Å²) in [5.41, 5.74) is 3.68. The Labute approximate surface area is 317 Å². The first-order chi connectivity index (χ1) is 26.5. The highest BCUT2D eigenvalue weighted by atomic mass is 19.1. The molecule has 1 saturated heterocycles. The van der Waals surface area contributed by atoms with Crippen molar-refractivity contribution < 1.29 is 33.1 Å². The number of ether oxygens (including phenoxy) is 1. The van der Waals surface area contributed by atoms with Crippen LogP contribution in [-0.2, 0) is 32.0 Å². The van der Waals surface area contributed by atoms with Gasteiger partial charge in [0.25, 0.3) is 5.91 Å². The van der Waals surface area contributed by atoms with Crippen LogP contribution in [0.15, 0.2) is 79.1 Å². The molecule has 4 heterocycles. The van der Waals surface area contributed by atoms with Gasteiger partial charge in [-0.3, -0.25) is 24.0 Å². The molecule has 2 aliphatic rings. The number of para-hydroxylation sites is 2. The van der Waals surface area contributed by atoms with Gasteiger partial charge >= 0.3 is 0 Å². The van der Waals surface area contributed by atoms with Crippen LogP contribution in [0.25, 0.3) is 21.8 Å². The molecule has 1 unspecified atom stereocenters. The number of benzene rings is 3. The third kappa shape index (κ3) is 8.17. The van der Waals surface area contributed by atoms with E-state index in [2.05, 4.69) is 20.6 Å². The molecule has 0 aliphatic carbocycles. The van der Waals surface area contributed by atoms with Crippen LogP contribution in [-0.4, -0.2) is 113 Å². The number of aromatic nitrogens is 2. The molecular weight excluding hydrogens is 705 g/mol. The molecule has 13 nitrogen and oxygen atoms in total. The van der Waals surface area contributed by atoms with E-state index in [1.807, 2.05) is 60.9 Å². The van der Waals surface area contributed by atoms with Crippen LogP contribution in [0.4, 0.5) is 4.39 Å². The number of hydrogen-bond donors (Lipinski definition) is 4. The Kier molecular flexibility index (Phi) is 10.8. The monoisotopic (exact) mass is 749 g/mol. The number of nitrogens with one attached hydrogen (secondary N) is 4. The van der Waals surface area contributed by atoms with Crippen molar-refractivity contribution in [2.24, 2.45) is 0 Å². The number of fused-ring (bicyclic) bond motifs is 4. The predicted molar refractivity (Wildman–Crippen MR) is 204 cm³/mol. The zero-order valence-corrected chi connectivity index (χ0v) is 30.8. The van der Waals surface area contributed by atoms with Gasteiger partial charge in [-0.1, -0.05) is 36.4 Å². The summed E-state index contributed by atoms with van der Waals surface area (Å²) in [7, 11) is 2.96. The van der Waals surface area contributed by atoms with Crippen LogP contribution in [0.3, 0.4) is 0 Å². The predicted octanol–water partition coefficient (Wildman–Crippen LogP) is 3.55. The first-order valence-electron chi connectivity index (χ1n) is 18.5. The van der Waals surface area contributed by atoms with Crippen molar-refractivity contribution >= 4 is 51.3 Å². The third-order valence-corrected chi connectivity index (χ3v) is 10.6. The van der Waals surface area contributed by atoms with E-state index in [0.29, 0.717) is 12.8 Å². The van der Waals surface area contributed by atoms with Gasteiger partial charge in [-0.15, -0.1) is 0 Å². The molecule has 55 heavy (non-hydrogen) atoms. The molecule has 2 aliphatic heterocycles. The second-order valence-corrected chi connectivity index (χ2v) is 14.3. The van der Waals surface area contributed by atoms with Crippen molar-refractivity contribution in [3.8, 4) is 5.75 Å². The van der Waals surface area contributed by atoms with Gasteiger partial charge in [0.2, 0.25) is 23.6 Å². The molecule has 0 radical (unpaired) electrons. The highest BCUT2D eigenvalue weighted by molar-refractivity contribution is 6.00. The molecule has 7 rings (SSSR count). The molecule has 4 N–H and O–H groups in total. The van der Waals surface area contributed by atoms with Crippen molar-refractivity contribution in [1.29, 1.82) is 0 Å². The van der Waals surface area contributed by atoms with Gasteiger partial charge in [-0.05, 0) is 60.7 Å². The number of H-pyrrole nitrogens is 2. The molecule has 1 fully saturated rings. The first kappa shape index (κ1) is 37.1. The topological polar surface area (TPSA) is 160 Å². The summed E-state index contributed by atoms with van der Waals surface area (Å²) in [5, 5.41) is 7.97. The normalized spacial score (nSPS) is 19.8. The Morgan fingerprint density at radius 1 is 0.909 bits per heavy atom. The number of carbonyl (C=O) groups excluding carboxylic acids is 5. The largest absolute Gasteiger partial charge is 0.491 e. The lowest BCUT2D eigenvalue weighted by Gasteiger charge is -2.28. The number of rotatable bonds is 7. The maximum atomic E-state index is 14.7. The number of carbonyl (C=O) groups is 5. The number of aromatic amines is 2. The molecule has 0 spiro atoms. The Hall–Kier alpha value is -6.18. The van der Waals surface area contributed by atoms with E-state index in [1.54, 1.807) is 4.90 Å². The standard InChI is InChI=1S/C41H44FN7O6/c1-47-23-39(52)49-22-28(46-37(50)17-26-21-45-34-10-6-4-8-31(26)34)19-29(49)24-55-36-13-11-27(42)18-32(36)41(54)48(2)35(12-14-38(47)51)40(53)43-16-15-25-20-44-33-9-5-3-7-30(25)33/h3-11,13,18,20-21,28-29,35,44-45H,12,14-17,19,22-24H2,1-2H3,(H,43,53)(H,46,50)/t28?,29-,35-/m0/s1. The number of likely N-dealkylation sites (N-methyl/N-ethyl adjacent to an activating group) is 2. The van der Waals surface area contributed by atoms with E-state index in [1.165, 1.54) is 36.0 Å². The minimum atomic E-state index is -1.08. The maximum absolute atomic E-state index is 14.7. The number of nitrogens with zero attached hydrogens (tertiary/aromatic N) is 3. The van der Waals surface area contributed by atoms with Crippen LogP contribution in [0, 0.1) is 5.82 Å². The Bertz CT molecular complexity index is 2250.